The maximum absolute atomic E-state index is 5.78. The van der Waals surface area contributed by atoms with Gasteiger partial charge in [-0.3, -0.25) is 0 Å². The van der Waals surface area contributed by atoms with Crippen LogP contribution in [0.15, 0.2) is 11.7 Å². The van der Waals surface area contributed by atoms with Crippen molar-refractivity contribution in [1.29, 1.82) is 0 Å². The third kappa shape index (κ3) is 2.15. The molecule has 2 aromatic rings. The lowest BCUT2D eigenvalue weighted by molar-refractivity contribution is 0.215. The molecule has 0 spiro atoms. The van der Waals surface area contributed by atoms with Gasteiger partial charge in [0.05, 0.1) is 5.52 Å². The third-order valence-corrected chi connectivity index (χ3v) is 3.38. The van der Waals surface area contributed by atoms with E-state index in [1.807, 2.05) is 20.9 Å². The summed E-state index contributed by atoms with van der Waals surface area (Å²) in [5.41, 5.74) is 2.17. The number of nitrogens with one attached hydrogen (secondary N) is 1. The first-order valence-corrected chi connectivity index (χ1v) is 6.10. The van der Waals surface area contributed by atoms with Gasteiger partial charge in [0.15, 0.2) is 0 Å². The summed E-state index contributed by atoms with van der Waals surface area (Å²) >= 11 is 1.63. The minimum Gasteiger partial charge on any atom is -0.472 e. The minimum absolute atomic E-state index is 0.102. The molecule has 2 heterocycles. The molecule has 0 saturated heterocycles. The number of fused-ring (bicyclic) bond motifs is 1. The van der Waals surface area contributed by atoms with Crippen LogP contribution in [0.25, 0.3) is 10.2 Å². The Kier molecular flexibility index (Phi) is 3.36. The second-order valence-corrected chi connectivity index (χ2v) is 4.64. The summed E-state index contributed by atoms with van der Waals surface area (Å²) in [6.07, 6.45) is 1.66. The average Bonchev–Trinajstić information content (AvgIpc) is 2.62. The largest absolute Gasteiger partial charge is 0.472 e. The fourth-order valence-corrected chi connectivity index (χ4v) is 2.48. The lowest BCUT2D eigenvalue weighted by Gasteiger charge is -2.13. The Morgan fingerprint density at radius 3 is 3.06 bits per heavy atom. The van der Waals surface area contributed by atoms with Crippen LogP contribution in [0.5, 0.6) is 5.88 Å². The normalized spacial score (nSPS) is 12.9. The summed E-state index contributed by atoms with van der Waals surface area (Å²) in [7, 11) is 1.91. The van der Waals surface area contributed by atoms with E-state index < -0.39 is 0 Å². The van der Waals surface area contributed by atoms with Gasteiger partial charge in [-0.2, -0.15) is 0 Å². The molecule has 0 aliphatic rings. The Labute approximate surface area is 98.7 Å². The topological polar surface area (TPSA) is 47.0 Å². The Morgan fingerprint density at radius 2 is 2.31 bits per heavy atom. The zero-order chi connectivity index (χ0) is 11.5. The lowest BCUT2D eigenvalue weighted by Crippen LogP contribution is -2.26. The van der Waals surface area contributed by atoms with Gasteiger partial charge >= 0.3 is 0 Å². The zero-order valence-corrected chi connectivity index (χ0v) is 10.5. The Balaban J connectivity index is 2.30. The SMILES string of the molecule is CNCC(C)Oc1ncnc2c(C)csc12. The molecule has 0 radical (unpaired) electrons. The number of hydrogen-bond donors (Lipinski definition) is 1. The van der Waals surface area contributed by atoms with Crippen molar-refractivity contribution in [3.05, 3.63) is 17.3 Å². The molecule has 0 aromatic carbocycles. The smallest absolute Gasteiger partial charge is 0.235 e. The van der Waals surface area contributed by atoms with Gasteiger partial charge in [-0.1, -0.05) is 0 Å². The number of hydrogen-bond acceptors (Lipinski definition) is 5. The molecule has 0 aliphatic heterocycles. The summed E-state index contributed by atoms with van der Waals surface area (Å²) in [5, 5.41) is 5.15. The number of aromatic nitrogens is 2. The van der Waals surface area contributed by atoms with Crippen molar-refractivity contribution in [3.8, 4) is 5.88 Å². The molecular weight excluding hydrogens is 222 g/mol. The van der Waals surface area contributed by atoms with Gasteiger partial charge in [-0.05, 0) is 31.8 Å². The average molecular weight is 237 g/mol. The Hall–Kier alpha value is -1.20. The fraction of sp³-hybridized carbons (Fsp3) is 0.455. The number of nitrogens with zero attached hydrogens (tertiary/aromatic N) is 2. The number of ether oxygens (including phenoxy) is 1. The van der Waals surface area contributed by atoms with Crippen molar-refractivity contribution in [2.24, 2.45) is 0 Å². The highest BCUT2D eigenvalue weighted by Crippen LogP contribution is 2.30. The van der Waals surface area contributed by atoms with E-state index in [0.717, 1.165) is 16.8 Å². The number of aryl methyl sites for hydroxylation is 1. The third-order valence-electron chi connectivity index (χ3n) is 2.30. The molecule has 16 heavy (non-hydrogen) atoms. The maximum atomic E-state index is 5.78. The van der Waals surface area contributed by atoms with Crippen LogP contribution in [-0.4, -0.2) is 29.7 Å². The molecule has 0 aliphatic carbocycles. The second-order valence-electron chi connectivity index (χ2n) is 3.76. The van der Waals surface area contributed by atoms with Gasteiger partial charge < -0.3 is 10.1 Å². The second kappa shape index (κ2) is 4.76. The highest BCUT2D eigenvalue weighted by atomic mass is 32.1. The molecule has 0 saturated carbocycles. The molecule has 1 unspecified atom stereocenters. The molecule has 4 nitrogen and oxygen atoms in total. The number of rotatable bonds is 4. The van der Waals surface area contributed by atoms with Crippen LogP contribution in [-0.2, 0) is 0 Å². The van der Waals surface area contributed by atoms with E-state index in [2.05, 4.69) is 20.7 Å². The van der Waals surface area contributed by atoms with Gasteiger partial charge in [-0.25, -0.2) is 9.97 Å². The molecule has 2 rings (SSSR count). The summed E-state index contributed by atoms with van der Waals surface area (Å²) in [5.74, 6) is 0.686. The monoisotopic (exact) mass is 237 g/mol. The number of likely N-dealkylation sites (N-methyl/N-ethyl adjacent to an activating group) is 1. The van der Waals surface area contributed by atoms with E-state index in [9.17, 15) is 0 Å². The molecule has 0 fully saturated rings. The Morgan fingerprint density at radius 1 is 1.50 bits per heavy atom. The van der Waals surface area contributed by atoms with Crippen LogP contribution in [0.3, 0.4) is 0 Å². The van der Waals surface area contributed by atoms with E-state index in [1.165, 1.54) is 5.56 Å². The van der Waals surface area contributed by atoms with Crippen molar-refractivity contribution in [3.63, 3.8) is 0 Å². The van der Waals surface area contributed by atoms with Crippen LogP contribution >= 0.6 is 11.3 Å². The van der Waals surface area contributed by atoms with Crippen LogP contribution in [0.1, 0.15) is 12.5 Å². The highest BCUT2D eigenvalue weighted by molar-refractivity contribution is 7.17. The van der Waals surface area contributed by atoms with Gasteiger partial charge in [0.25, 0.3) is 0 Å². The predicted molar refractivity (Wildman–Crippen MR) is 66.2 cm³/mol. The molecule has 0 bridgehead atoms. The van der Waals surface area contributed by atoms with Gasteiger partial charge in [0.1, 0.15) is 17.1 Å². The first-order valence-electron chi connectivity index (χ1n) is 5.22. The van der Waals surface area contributed by atoms with Crippen molar-refractivity contribution >= 4 is 21.6 Å². The van der Waals surface area contributed by atoms with E-state index >= 15 is 0 Å². The predicted octanol–water partition coefficient (Wildman–Crippen LogP) is 1.99. The van der Waals surface area contributed by atoms with E-state index in [-0.39, 0.29) is 6.10 Å². The van der Waals surface area contributed by atoms with Crippen LogP contribution < -0.4 is 10.1 Å². The Bertz CT molecular complexity index is 483. The van der Waals surface area contributed by atoms with Gasteiger partial charge in [-0.15, -0.1) is 11.3 Å². The lowest BCUT2D eigenvalue weighted by atomic mass is 10.3. The summed E-state index contributed by atoms with van der Waals surface area (Å²) in [6, 6.07) is 0. The molecule has 1 atom stereocenters. The zero-order valence-electron chi connectivity index (χ0n) is 9.65. The molecular formula is C11H15N3OS. The minimum atomic E-state index is 0.102. The van der Waals surface area contributed by atoms with Crippen molar-refractivity contribution in [1.82, 2.24) is 15.3 Å². The quantitative estimate of drug-likeness (QED) is 0.883. The van der Waals surface area contributed by atoms with Gasteiger partial charge in [0, 0.05) is 6.54 Å². The van der Waals surface area contributed by atoms with E-state index in [1.54, 1.807) is 17.7 Å². The number of thiophene rings is 1. The molecule has 0 amide bonds. The van der Waals surface area contributed by atoms with Crippen molar-refractivity contribution < 1.29 is 4.74 Å². The van der Waals surface area contributed by atoms with E-state index in [4.69, 9.17) is 4.74 Å². The van der Waals surface area contributed by atoms with Crippen LogP contribution in [0.4, 0.5) is 0 Å². The van der Waals surface area contributed by atoms with Gasteiger partial charge in [0.2, 0.25) is 5.88 Å². The standard InChI is InChI=1S/C11H15N3OS/c1-7-5-16-10-9(7)13-6-14-11(10)15-8(2)4-12-3/h5-6,8,12H,4H2,1-3H3. The first kappa shape index (κ1) is 11.3. The molecule has 2 aromatic heterocycles. The van der Waals surface area contributed by atoms with Crippen molar-refractivity contribution in [2.45, 2.75) is 20.0 Å². The summed E-state index contributed by atoms with van der Waals surface area (Å²) < 4.78 is 6.81. The maximum Gasteiger partial charge on any atom is 0.235 e. The van der Waals surface area contributed by atoms with Crippen molar-refractivity contribution in [2.75, 3.05) is 13.6 Å². The molecule has 5 heteroatoms. The molecule has 86 valence electrons. The van der Waals surface area contributed by atoms with Crippen LogP contribution in [0.2, 0.25) is 0 Å². The highest BCUT2D eigenvalue weighted by Gasteiger charge is 2.11. The fourth-order valence-electron chi connectivity index (χ4n) is 1.55. The first-order chi connectivity index (χ1) is 7.72. The van der Waals surface area contributed by atoms with E-state index in [0.29, 0.717) is 5.88 Å². The van der Waals surface area contributed by atoms with Crippen LogP contribution in [0, 0.1) is 6.92 Å². The molecule has 1 N–H and O–H groups in total. The summed E-state index contributed by atoms with van der Waals surface area (Å²) in [6.45, 7) is 4.87. The summed E-state index contributed by atoms with van der Waals surface area (Å²) in [4.78, 5) is 8.45.